The van der Waals surface area contributed by atoms with E-state index < -0.39 is 0 Å². The van der Waals surface area contributed by atoms with Gasteiger partial charge in [-0.25, -0.2) is 0 Å². The molecule has 15 heavy (non-hydrogen) atoms. The van der Waals surface area contributed by atoms with Gasteiger partial charge in [-0.15, -0.1) is 0 Å². The number of rotatable bonds is 4. The number of hydrogen-bond donors (Lipinski definition) is 3. The van der Waals surface area contributed by atoms with E-state index in [0.29, 0.717) is 0 Å². The van der Waals surface area contributed by atoms with E-state index in [1.54, 1.807) is 12.1 Å². The van der Waals surface area contributed by atoms with Crippen molar-refractivity contribution < 1.29 is 15.0 Å². The summed E-state index contributed by atoms with van der Waals surface area (Å²) < 4.78 is 0. The number of benzene rings is 1. The molecule has 0 saturated heterocycles. The maximum absolute atomic E-state index is 11.5. The topological polar surface area (TPSA) is 69.6 Å². The van der Waals surface area contributed by atoms with Crippen LogP contribution in [0.15, 0.2) is 18.2 Å². The fraction of sp³-hybridized carbons (Fsp3) is 0.364. The average molecular weight is 209 g/mol. The number of carbonyl (C=O) groups is 1. The molecule has 82 valence electrons. The molecule has 0 saturated carbocycles. The maximum Gasteiger partial charge on any atom is 0.255 e. The summed E-state index contributed by atoms with van der Waals surface area (Å²) in [5.74, 6) is -0.403. The number of nitrogens with one attached hydrogen (secondary N) is 1. The van der Waals surface area contributed by atoms with Crippen molar-refractivity contribution in [1.29, 1.82) is 0 Å². The first kappa shape index (κ1) is 11.5. The number of carbonyl (C=O) groups excluding carboxylic acids is 1. The second-order valence-corrected chi connectivity index (χ2v) is 3.18. The Bertz CT molecular complexity index is 350. The van der Waals surface area contributed by atoms with Crippen LogP contribution in [0.4, 0.5) is 0 Å². The highest BCUT2D eigenvalue weighted by Crippen LogP contribution is 2.18. The fourth-order valence-corrected chi connectivity index (χ4v) is 1.25. The van der Waals surface area contributed by atoms with Gasteiger partial charge >= 0.3 is 0 Å². The van der Waals surface area contributed by atoms with E-state index in [0.717, 1.165) is 12.0 Å². The molecule has 1 aromatic carbocycles. The minimum atomic E-state index is -0.364. The largest absolute Gasteiger partial charge is 0.507 e. The smallest absolute Gasteiger partial charge is 0.255 e. The van der Waals surface area contributed by atoms with Gasteiger partial charge in [-0.3, -0.25) is 4.79 Å². The summed E-state index contributed by atoms with van der Waals surface area (Å²) >= 11 is 0. The third-order valence-electron chi connectivity index (χ3n) is 2.11. The Morgan fingerprint density at radius 2 is 2.20 bits per heavy atom. The Morgan fingerprint density at radius 1 is 1.47 bits per heavy atom. The number of amides is 1. The second-order valence-electron chi connectivity index (χ2n) is 3.18. The quantitative estimate of drug-likeness (QED) is 0.683. The lowest BCUT2D eigenvalue weighted by Crippen LogP contribution is -2.26. The molecule has 0 radical (unpaired) electrons. The van der Waals surface area contributed by atoms with Crippen molar-refractivity contribution in [3.63, 3.8) is 0 Å². The summed E-state index contributed by atoms with van der Waals surface area (Å²) in [7, 11) is 0. The van der Waals surface area contributed by atoms with Crippen LogP contribution in [0.3, 0.4) is 0 Å². The van der Waals surface area contributed by atoms with E-state index in [-0.39, 0.29) is 30.4 Å². The molecule has 0 atom stereocenters. The van der Waals surface area contributed by atoms with Crippen molar-refractivity contribution in [2.24, 2.45) is 0 Å². The molecular formula is C11H15NO3. The summed E-state index contributed by atoms with van der Waals surface area (Å²) in [6.45, 7) is 2.05. The lowest BCUT2D eigenvalue weighted by atomic mass is 10.1. The highest BCUT2D eigenvalue weighted by Gasteiger charge is 2.10. The predicted octanol–water partition coefficient (Wildman–Crippen LogP) is 0.677. The molecule has 0 aliphatic heterocycles. The zero-order chi connectivity index (χ0) is 11.3. The minimum absolute atomic E-state index is 0.0392. The van der Waals surface area contributed by atoms with Crippen LogP contribution < -0.4 is 5.32 Å². The van der Waals surface area contributed by atoms with Crippen molar-refractivity contribution in [1.82, 2.24) is 5.32 Å². The molecule has 0 spiro atoms. The van der Waals surface area contributed by atoms with E-state index in [9.17, 15) is 9.90 Å². The van der Waals surface area contributed by atoms with Gasteiger partial charge in [0.2, 0.25) is 0 Å². The Kier molecular flexibility index (Phi) is 4.12. The van der Waals surface area contributed by atoms with Crippen LogP contribution in [0.1, 0.15) is 22.8 Å². The molecule has 0 bridgehead atoms. The van der Waals surface area contributed by atoms with Gasteiger partial charge in [-0.1, -0.05) is 13.0 Å². The summed E-state index contributed by atoms with van der Waals surface area (Å²) in [5, 5.41) is 20.5. The molecule has 0 unspecified atom stereocenters. The number of hydrogen-bond acceptors (Lipinski definition) is 3. The van der Waals surface area contributed by atoms with Crippen molar-refractivity contribution in [2.75, 3.05) is 13.2 Å². The first-order valence-electron chi connectivity index (χ1n) is 4.90. The molecular weight excluding hydrogens is 194 g/mol. The van der Waals surface area contributed by atoms with Crippen LogP contribution >= 0.6 is 0 Å². The molecule has 4 nitrogen and oxygen atoms in total. The van der Waals surface area contributed by atoms with Gasteiger partial charge in [0.25, 0.3) is 5.91 Å². The van der Waals surface area contributed by atoms with Crippen LogP contribution in [0, 0.1) is 0 Å². The van der Waals surface area contributed by atoms with Gasteiger partial charge < -0.3 is 15.5 Å². The summed E-state index contributed by atoms with van der Waals surface area (Å²) in [5.41, 5.74) is 1.24. The molecule has 0 aliphatic rings. The van der Waals surface area contributed by atoms with Gasteiger partial charge in [0, 0.05) is 6.54 Å². The van der Waals surface area contributed by atoms with E-state index in [1.807, 2.05) is 6.92 Å². The Balaban J connectivity index is 2.86. The highest BCUT2D eigenvalue weighted by atomic mass is 16.3. The average Bonchev–Trinajstić information content (AvgIpc) is 2.26. The van der Waals surface area contributed by atoms with Gasteiger partial charge in [-0.2, -0.15) is 0 Å². The van der Waals surface area contributed by atoms with Crippen molar-refractivity contribution >= 4 is 5.91 Å². The molecule has 1 aromatic rings. The third kappa shape index (κ3) is 2.95. The fourth-order valence-electron chi connectivity index (χ4n) is 1.25. The van der Waals surface area contributed by atoms with E-state index in [4.69, 9.17) is 5.11 Å². The molecule has 0 aromatic heterocycles. The molecule has 1 amide bonds. The summed E-state index contributed by atoms with van der Waals surface area (Å²) in [6, 6.07) is 4.94. The number of phenols is 1. The molecule has 0 aliphatic carbocycles. The van der Waals surface area contributed by atoms with Crippen molar-refractivity contribution in [3.8, 4) is 5.75 Å². The first-order valence-corrected chi connectivity index (χ1v) is 4.90. The Morgan fingerprint density at radius 3 is 2.80 bits per heavy atom. The first-order chi connectivity index (χ1) is 7.19. The number of aliphatic hydroxyl groups excluding tert-OH is 1. The number of phenolic OH excluding ortho intramolecular Hbond substituents is 1. The SMILES string of the molecule is CCc1ccc(O)c(C(=O)NCCO)c1. The normalized spacial score (nSPS) is 10.0. The lowest BCUT2D eigenvalue weighted by Gasteiger charge is -2.07. The van der Waals surface area contributed by atoms with Gasteiger partial charge in [0.1, 0.15) is 5.75 Å². The Hall–Kier alpha value is -1.55. The van der Waals surface area contributed by atoms with Crippen LogP contribution in [0.25, 0.3) is 0 Å². The second kappa shape index (κ2) is 5.36. The molecule has 1 rings (SSSR count). The van der Waals surface area contributed by atoms with Gasteiger partial charge in [0.05, 0.1) is 12.2 Å². The van der Waals surface area contributed by atoms with Gasteiger partial charge in [-0.05, 0) is 24.1 Å². The molecule has 3 N–H and O–H groups in total. The summed E-state index contributed by atoms with van der Waals surface area (Å²) in [4.78, 5) is 11.5. The summed E-state index contributed by atoms with van der Waals surface area (Å²) in [6.07, 6.45) is 0.806. The third-order valence-corrected chi connectivity index (χ3v) is 2.11. The van der Waals surface area contributed by atoms with Crippen LogP contribution in [-0.2, 0) is 6.42 Å². The zero-order valence-corrected chi connectivity index (χ0v) is 8.66. The number of aliphatic hydroxyl groups is 1. The molecule has 0 heterocycles. The lowest BCUT2D eigenvalue weighted by molar-refractivity contribution is 0.0942. The van der Waals surface area contributed by atoms with Crippen molar-refractivity contribution in [3.05, 3.63) is 29.3 Å². The standard InChI is InChI=1S/C11H15NO3/c1-2-8-3-4-10(14)9(7-8)11(15)12-5-6-13/h3-4,7,13-14H,2,5-6H2,1H3,(H,12,15). The van der Waals surface area contributed by atoms with Gasteiger partial charge in [0.15, 0.2) is 0 Å². The van der Waals surface area contributed by atoms with E-state index in [2.05, 4.69) is 5.32 Å². The van der Waals surface area contributed by atoms with Crippen molar-refractivity contribution in [2.45, 2.75) is 13.3 Å². The van der Waals surface area contributed by atoms with Crippen LogP contribution in [0.5, 0.6) is 5.75 Å². The minimum Gasteiger partial charge on any atom is -0.507 e. The van der Waals surface area contributed by atoms with E-state index >= 15 is 0 Å². The monoisotopic (exact) mass is 209 g/mol. The number of aryl methyl sites for hydroxylation is 1. The zero-order valence-electron chi connectivity index (χ0n) is 8.66. The van der Waals surface area contributed by atoms with Crippen LogP contribution in [-0.4, -0.2) is 29.3 Å². The van der Waals surface area contributed by atoms with Crippen LogP contribution in [0.2, 0.25) is 0 Å². The molecule has 4 heteroatoms. The molecule has 0 fully saturated rings. The number of aromatic hydroxyl groups is 1. The maximum atomic E-state index is 11.5. The Labute approximate surface area is 88.6 Å². The van der Waals surface area contributed by atoms with E-state index in [1.165, 1.54) is 6.07 Å². The predicted molar refractivity (Wildman–Crippen MR) is 56.9 cm³/mol. The highest BCUT2D eigenvalue weighted by molar-refractivity contribution is 5.96.